The highest BCUT2D eigenvalue weighted by atomic mass is 19.1. The van der Waals surface area contributed by atoms with Crippen LogP contribution in [0.1, 0.15) is 37.7 Å². The largest absolute Gasteiger partial charge is 0.493 e. The second-order valence-corrected chi connectivity index (χ2v) is 4.87. The van der Waals surface area contributed by atoms with E-state index in [1.54, 1.807) is 6.07 Å². The van der Waals surface area contributed by atoms with E-state index >= 15 is 0 Å². The van der Waals surface area contributed by atoms with Crippen molar-refractivity contribution in [2.24, 2.45) is 5.92 Å². The molecule has 1 aromatic carbocycles. The van der Waals surface area contributed by atoms with Crippen molar-refractivity contribution in [1.82, 2.24) is 0 Å². The molecular weight excluding hydrogens is 219 g/mol. The molecule has 1 aliphatic rings. The minimum Gasteiger partial charge on any atom is -0.493 e. The van der Waals surface area contributed by atoms with Gasteiger partial charge in [-0.15, -0.1) is 0 Å². The lowest BCUT2D eigenvalue weighted by Crippen LogP contribution is -2.20. The number of ether oxygens (including phenoxy) is 1. The van der Waals surface area contributed by atoms with Crippen molar-refractivity contribution in [2.45, 2.75) is 32.1 Å². The molecular formula is C14H19FO2. The normalized spacial score (nSPS) is 17.6. The minimum atomic E-state index is -0.281. The molecule has 1 N–H and O–H groups in total. The smallest absolute Gasteiger partial charge is 0.123 e. The van der Waals surface area contributed by atoms with E-state index in [9.17, 15) is 4.39 Å². The fourth-order valence-electron chi connectivity index (χ4n) is 2.00. The van der Waals surface area contributed by atoms with Crippen LogP contribution in [-0.2, 0) is 0 Å². The fraction of sp³-hybridized carbons (Fsp3) is 0.571. The van der Waals surface area contributed by atoms with Crippen molar-refractivity contribution in [2.75, 3.05) is 13.2 Å². The van der Waals surface area contributed by atoms with E-state index in [1.165, 1.54) is 31.4 Å². The molecule has 1 fully saturated rings. The minimum absolute atomic E-state index is 0.00322. The topological polar surface area (TPSA) is 29.5 Å². The van der Waals surface area contributed by atoms with E-state index in [0.717, 1.165) is 5.56 Å². The Hall–Kier alpha value is -1.09. The SMILES string of the molecule is CC(CO)c1cc(F)ccc1OCC1CCC1. The first kappa shape index (κ1) is 12.4. The van der Waals surface area contributed by atoms with Crippen molar-refractivity contribution in [3.63, 3.8) is 0 Å². The Balaban J connectivity index is 2.07. The Labute approximate surface area is 101 Å². The highest BCUT2D eigenvalue weighted by Gasteiger charge is 2.19. The predicted molar refractivity (Wildman–Crippen MR) is 64.7 cm³/mol. The second kappa shape index (κ2) is 5.50. The standard InChI is InChI=1S/C14H19FO2/c1-10(8-16)13-7-12(15)5-6-14(13)17-9-11-3-2-4-11/h5-7,10-11,16H,2-4,8-9H2,1H3. The molecule has 17 heavy (non-hydrogen) atoms. The van der Waals surface area contributed by atoms with E-state index in [1.807, 2.05) is 6.92 Å². The van der Waals surface area contributed by atoms with Gasteiger partial charge in [-0.25, -0.2) is 4.39 Å². The van der Waals surface area contributed by atoms with Crippen LogP contribution >= 0.6 is 0 Å². The summed E-state index contributed by atoms with van der Waals surface area (Å²) in [5, 5.41) is 9.16. The third-order valence-corrected chi connectivity index (χ3v) is 3.48. The molecule has 0 saturated heterocycles. The molecule has 1 aliphatic carbocycles. The van der Waals surface area contributed by atoms with Gasteiger partial charge in [-0.1, -0.05) is 13.3 Å². The van der Waals surface area contributed by atoms with Gasteiger partial charge in [0.25, 0.3) is 0 Å². The third-order valence-electron chi connectivity index (χ3n) is 3.48. The molecule has 0 spiro atoms. The lowest BCUT2D eigenvalue weighted by molar-refractivity contribution is 0.177. The predicted octanol–water partition coefficient (Wildman–Crippen LogP) is 3.10. The number of rotatable bonds is 5. The highest BCUT2D eigenvalue weighted by molar-refractivity contribution is 5.36. The Morgan fingerprint density at radius 2 is 2.24 bits per heavy atom. The van der Waals surface area contributed by atoms with E-state index < -0.39 is 0 Å². The van der Waals surface area contributed by atoms with Crippen LogP contribution in [0.3, 0.4) is 0 Å². The molecule has 94 valence electrons. The van der Waals surface area contributed by atoms with E-state index in [2.05, 4.69) is 0 Å². The summed E-state index contributed by atoms with van der Waals surface area (Å²) < 4.78 is 18.9. The lowest BCUT2D eigenvalue weighted by Gasteiger charge is -2.26. The number of hydrogen-bond donors (Lipinski definition) is 1. The Morgan fingerprint density at radius 3 is 2.82 bits per heavy atom. The number of benzene rings is 1. The molecule has 2 rings (SSSR count). The van der Waals surface area contributed by atoms with Gasteiger partial charge in [0.2, 0.25) is 0 Å². The quantitative estimate of drug-likeness (QED) is 0.854. The number of aliphatic hydroxyl groups is 1. The van der Waals surface area contributed by atoms with Gasteiger partial charge < -0.3 is 9.84 Å². The van der Waals surface area contributed by atoms with Gasteiger partial charge in [-0.2, -0.15) is 0 Å². The first-order valence-corrected chi connectivity index (χ1v) is 6.24. The van der Waals surface area contributed by atoms with Crippen LogP contribution in [0, 0.1) is 11.7 Å². The summed E-state index contributed by atoms with van der Waals surface area (Å²) in [6.45, 7) is 2.57. The molecule has 1 unspecified atom stereocenters. The molecule has 0 aliphatic heterocycles. The van der Waals surface area contributed by atoms with Crippen molar-refractivity contribution >= 4 is 0 Å². The van der Waals surface area contributed by atoms with Crippen LogP contribution in [0.2, 0.25) is 0 Å². The highest BCUT2D eigenvalue weighted by Crippen LogP contribution is 2.31. The maximum Gasteiger partial charge on any atom is 0.123 e. The van der Waals surface area contributed by atoms with Gasteiger partial charge in [-0.3, -0.25) is 0 Å². The summed E-state index contributed by atoms with van der Waals surface area (Å²) in [6.07, 6.45) is 3.75. The zero-order valence-electron chi connectivity index (χ0n) is 10.2. The first-order chi connectivity index (χ1) is 8.20. The van der Waals surface area contributed by atoms with Gasteiger partial charge in [0.1, 0.15) is 11.6 Å². The van der Waals surface area contributed by atoms with Gasteiger partial charge >= 0.3 is 0 Å². The van der Waals surface area contributed by atoms with Gasteiger partial charge in [-0.05, 0) is 37.0 Å². The molecule has 0 amide bonds. The molecule has 0 heterocycles. The Morgan fingerprint density at radius 1 is 1.47 bits per heavy atom. The van der Waals surface area contributed by atoms with Crippen LogP contribution in [0.25, 0.3) is 0 Å². The van der Waals surface area contributed by atoms with Crippen LogP contribution < -0.4 is 4.74 Å². The van der Waals surface area contributed by atoms with Crippen molar-refractivity contribution < 1.29 is 14.2 Å². The molecule has 2 nitrogen and oxygen atoms in total. The summed E-state index contributed by atoms with van der Waals surface area (Å²) >= 11 is 0. The van der Waals surface area contributed by atoms with E-state index in [4.69, 9.17) is 9.84 Å². The summed E-state index contributed by atoms with van der Waals surface area (Å²) in [5.41, 5.74) is 0.756. The maximum atomic E-state index is 13.2. The number of halogens is 1. The van der Waals surface area contributed by atoms with Crippen molar-refractivity contribution in [3.8, 4) is 5.75 Å². The lowest BCUT2D eigenvalue weighted by atomic mass is 9.86. The summed E-state index contributed by atoms with van der Waals surface area (Å²) in [6, 6.07) is 4.52. The van der Waals surface area contributed by atoms with E-state index in [-0.39, 0.29) is 18.3 Å². The summed E-state index contributed by atoms with van der Waals surface area (Å²) in [7, 11) is 0. The summed E-state index contributed by atoms with van der Waals surface area (Å²) in [5.74, 6) is 0.982. The van der Waals surface area contributed by atoms with Crippen LogP contribution in [-0.4, -0.2) is 18.3 Å². The fourth-order valence-corrected chi connectivity index (χ4v) is 2.00. The maximum absolute atomic E-state index is 13.2. The summed E-state index contributed by atoms with van der Waals surface area (Å²) in [4.78, 5) is 0. The molecule has 0 bridgehead atoms. The Kier molecular flexibility index (Phi) is 4.00. The van der Waals surface area contributed by atoms with Crippen molar-refractivity contribution in [1.29, 1.82) is 0 Å². The average Bonchev–Trinajstić information content (AvgIpc) is 2.27. The van der Waals surface area contributed by atoms with Gasteiger partial charge in [0.15, 0.2) is 0 Å². The molecule has 1 atom stereocenters. The van der Waals surface area contributed by atoms with Gasteiger partial charge in [0, 0.05) is 18.1 Å². The molecule has 0 radical (unpaired) electrons. The van der Waals surface area contributed by atoms with Crippen LogP contribution in [0.15, 0.2) is 18.2 Å². The zero-order chi connectivity index (χ0) is 12.3. The second-order valence-electron chi connectivity index (χ2n) is 4.87. The van der Waals surface area contributed by atoms with Crippen molar-refractivity contribution in [3.05, 3.63) is 29.6 Å². The van der Waals surface area contributed by atoms with E-state index in [0.29, 0.717) is 18.3 Å². The Bertz CT molecular complexity index is 374. The first-order valence-electron chi connectivity index (χ1n) is 6.24. The molecule has 0 aromatic heterocycles. The number of hydrogen-bond acceptors (Lipinski definition) is 2. The monoisotopic (exact) mass is 238 g/mol. The number of aliphatic hydroxyl groups excluding tert-OH is 1. The van der Waals surface area contributed by atoms with Crippen LogP contribution in [0.5, 0.6) is 5.75 Å². The molecule has 1 saturated carbocycles. The molecule has 3 heteroatoms. The third kappa shape index (κ3) is 2.97. The zero-order valence-corrected chi connectivity index (χ0v) is 10.2. The average molecular weight is 238 g/mol. The van der Waals surface area contributed by atoms with Crippen LogP contribution in [0.4, 0.5) is 4.39 Å². The molecule has 1 aromatic rings. The van der Waals surface area contributed by atoms with Gasteiger partial charge in [0.05, 0.1) is 6.61 Å².